The molecule has 8 heteroatoms. The molecule has 0 aliphatic carbocycles. The molecule has 0 aromatic heterocycles. The zero-order chi connectivity index (χ0) is 13.9. The van der Waals surface area contributed by atoms with Crippen LogP contribution in [0.2, 0.25) is 0 Å². The number of carbonyl (C=O) groups excluding carboxylic acids is 1. The van der Waals surface area contributed by atoms with Crippen LogP contribution in [0.5, 0.6) is 5.75 Å². The Morgan fingerprint density at radius 1 is 1.47 bits per heavy atom. The van der Waals surface area contributed by atoms with Gasteiger partial charge in [0.15, 0.2) is 11.6 Å². The number of hydrogen-bond donors (Lipinski definition) is 3. The van der Waals surface area contributed by atoms with Gasteiger partial charge < -0.3 is 20.7 Å². The number of aromatic hydroxyl groups is 1. The molecule has 19 heavy (non-hydrogen) atoms. The maximum absolute atomic E-state index is 13.3. The summed E-state index contributed by atoms with van der Waals surface area (Å²) in [4.78, 5) is 21.8. The van der Waals surface area contributed by atoms with Crippen molar-refractivity contribution >= 4 is 24.3 Å². The third kappa shape index (κ3) is 4.08. The number of rotatable bonds is 4. The molecule has 0 radical (unpaired) electrons. The van der Waals surface area contributed by atoms with Gasteiger partial charge in [-0.2, -0.15) is 0 Å². The Balaban J connectivity index is 0.00000324. The summed E-state index contributed by atoms with van der Waals surface area (Å²) in [5, 5.41) is 18.2. The van der Waals surface area contributed by atoms with Crippen molar-refractivity contribution in [2.75, 3.05) is 7.11 Å². The van der Waals surface area contributed by atoms with Crippen molar-refractivity contribution in [1.29, 1.82) is 0 Å². The largest absolute Gasteiger partial charge is 0.505 e. The number of carbonyl (C=O) groups is 2. The molecule has 4 N–H and O–H groups in total. The molecule has 6 nitrogen and oxygen atoms in total. The summed E-state index contributed by atoms with van der Waals surface area (Å²) in [6, 6.07) is 0.645. The first kappa shape index (κ1) is 17.1. The number of ether oxygens (including phenoxy) is 1. The number of esters is 1. The van der Waals surface area contributed by atoms with E-state index < -0.39 is 29.5 Å². The van der Waals surface area contributed by atoms with E-state index in [1.807, 2.05) is 0 Å². The summed E-state index contributed by atoms with van der Waals surface area (Å²) in [6.07, 6.45) is -0.299. The number of carboxylic acid groups (broad SMARTS) is 1. The minimum Gasteiger partial charge on any atom is -0.505 e. The molecule has 0 spiro atoms. The number of nitrogens with two attached hydrogens (primary N) is 1. The summed E-state index contributed by atoms with van der Waals surface area (Å²) in [6.45, 7) is 0. The second kappa shape index (κ2) is 6.91. The van der Waals surface area contributed by atoms with Crippen LogP contribution < -0.4 is 5.73 Å². The fraction of sp³-hybridized carbons (Fsp3) is 0.273. The number of halogens is 2. The first-order valence-electron chi connectivity index (χ1n) is 4.95. The molecule has 0 bridgehead atoms. The van der Waals surface area contributed by atoms with Crippen LogP contribution in [-0.4, -0.2) is 29.3 Å². The summed E-state index contributed by atoms with van der Waals surface area (Å²) < 4.78 is 17.7. The van der Waals surface area contributed by atoms with E-state index in [9.17, 15) is 19.1 Å². The maximum Gasteiger partial charge on any atom is 0.335 e. The fourth-order valence-electron chi connectivity index (χ4n) is 1.40. The van der Waals surface area contributed by atoms with Gasteiger partial charge in [-0.15, -0.1) is 12.4 Å². The number of phenolic OH excluding ortho intramolecular Hbond substituents is 1. The van der Waals surface area contributed by atoms with Crippen LogP contribution in [0.15, 0.2) is 12.1 Å². The average molecular weight is 294 g/mol. The van der Waals surface area contributed by atoms with Gasteiger partial charge in [-0.1, -0.05) is 0 Å². The van der Waals surface area contributed by atoms with Gasteiger partial charge in [-0.3, -0.25) is 4.79 Å². The number of aromatic carboxylic acids is 1. The van der Waals surface area contributed by atoms with Gasteiger partial charge in [0, 0.05) is 11.6 Å². The summed E-state index contributed by atoms with van der Waals surface area (Å²) in [7, 11) is 1.16. The van der Waals surface area contributed by atoms with E-state index in [0.29, 0.717) is 6.07 Å². The molecule has 0 saturated carbocycles. The normalized spacial score (nSPS) is 11.3. The summed E-state index contributed by atoms with van der Waals surface area (Å²) in [5.74, 6) is -3.88. The summed E-state index contributed by atoms with van der Waals surface area (Å²) in [5.41, 5.74) is 5.07. The minimum absolute atomic E-state index is 0. The zero-order valence-electron chi connectivity index (χ0n) is 9.92. The van der Waals surface area contributed by atoms with E-state index >= 15 is 0 Å². The topological polar surface area (TPSA) is 110 Å². The quantitative estimate of drug-likeness (QED) is 0.720. The molecule has 1 aromatic rings. The molecule has 1 atom stereocenters. The zero-order valence-corrected chi connectivity index (χ0v) is 10.7. The first-order valence-corrected chi connectivity index (χ1v) is 4.95. The van der Waals surface area contributed by atoms with Gasteiger partial charge >= 0.3 is 11.9 Å². The van der Waals surface area contributed by atoms with E-state index in [1.54, 1.807) is 0 Å². The molecule has 0 saturated heterocycles. The lowest BCUT2D eigenvalue weighted by molar-refractivity contribution is -0.141. The van der Waals surface area contributed by atoms with Gasteiger partial charge in [0.2, 0.25) is 0 Å². The Hall–Kier alpha value is -1.86. The van der Waals surface area contributed by atoms with Crippen LogP contribution >= 0.6 is 12.4 Å². The lowest BCUT2D eigenvalue weighted by Gasteiger charge is -2.13. The average Bonchev–Trinajstić information content (AvgIpc) is 2.31. The Morgan fingerprint density at radius 3 is 2.53 bits per heavy atom. The number of phenols is 1. The van der Waals surface area contributed by atoms with Gasteiger partial charge in [-0.05, 0) is 12.1 Å². The van der Waals surface area contributed by atoms with Crippen molar-refractivity contribution in [3.05, 3.63) is 29.1 Å². The Labute approximate surface area is 114 Å². The fourth-order valence-corrected chi connectivity index (χ4v) is 1.40. The molecule has 0 fully saturated rings. The Morgan fingerprint density at radius 2 is 2.05 bits per heavy atom. The van der Waals surface area contributed by atoms with Gasteiger partial charge in [-0.25, -0.2) is 9.18 Å². The number of methoxy groups -OCH3 is 1. The summed E-state index contributed by atoms with van der Waals surface area (Å²) >= 11 is 0. The smallest absolute Gasteiger partial charge is 0.335 e. The number of carboxylic acids is 1. The molecule has 0 aliphatic rings. The lowest BCUT2D eigenvalue weighted by Crippen LogP contribution is -2.17. The third-order valence-corrected chi connectivity index (χ3v) is 2.35. The monoisotopic (exact) mass is 293 g/mol. The van der Waals surface area contributed by atoms with Crippen LogP contribution in [0.3, 0.4) is 0 Å². The highest BCUT2D eigenvalue weighted by Crippen LogP contribution is 2.29. The molecule has 0 heterocycles. The van der Waals surface area contributed by atoms with Crippen LogP contribution in [0.1, 0.15) is 28.4 Å². The van der Waals surface area contributed by atoms with Gasteiger partial charge in [0.1, 0.15) is 0 Å². The molecular weight excluding hydrogens is 281 g/mol. The first-order chi connectivity index (χ1) is 8.36. The van der Waals surface area contributed by atoms with E-state index in [0.717, 1.165) is 13.2 Å². The van der Waals surface area contributed by atoms with Crippen LogP contribution in [0.4, 0.5) is 4.39 Å². The molecule has 0 amide bonds. The lowest BCUT2D eigenvalue weighted by atomic mass is 10.0. The maximum atomic E-state index is 13.3. The Bertz CT molecular complexity index is 494. The highest BCUT2D eigenvalue weighted by atomic mass is 35.5. The van der Waals surface area contributed by atoms with Crippen LogP contribution in [-0.2, 0) is 9.53 Å². The van der Waals surface area contributed by atoms with E-state index in [-0.39, 0.29) is 30.0 Å². The number of benzene rings is 1. The standard InChI is InChI=1S/C11H12FNO5.ClH/c1-18-9(14)4-8(13)6-2-5(11(16)17)3-7(12)10(6)15;/h2-3,8,15H,4,13H2,1H3,(H,16,17);1H/t8-;/m1./s1. The molecule has 0 unspecified atom stereocenters. The van der Waals surface area contributed by atoms with Gasteiger partial charge in [0.25, 0.3) is 0 Å². The molecule has 1 rings (SSSR count). The molecule has 1 aromatic carbocycles. The second-order valence-corrected chi connectivity index (χ2v) is 3.59. The van der Waals surface area contributed by atoms with E-state index in [2.05, 4.69) is 4.74 Å². The van der Waals surface area contributed by atoms with Crippen molar-refractivity contribution in [3.8, 4) is 5.75 Å². The predicted molar refractivity (Wildman–Crippen MR) is 65.8 cm³/mol. The van der Waals surface area contributed by atoms with Gasteiger partial charge in [0.05, 0.1) is 19.1 Å². The number of hydrogen-bond acceptors (Lipinski definition) is 5. The van der Waals surface area contributed by atoms with E-state index in [4.69, 9.17) is 10.8 Å². The van der Waals surface area contributed by atoms with E-state index in [1.165, 1.54) is 0 Å². The van der Waals surface area contributed by atoms with Crippen molar-refractivity contribution in [1.82, 2.24) is 0 Å². The SMILES string of the molecule is COC(=O)C[C@@H](N)c1cc(C(=O)O)cc(F)c1O.Cl. The van der Waals surface area contributed by atoms with Crippen molar-refractivity contribution in [2.24, 2.45) is 5.73 Å². The Kier molecular flexibility index (Phi) is 6.23. The molecule has 106 valence electrons. The minimum atomic E-state index is -1.36. The van der Waals surface area contributed by atoms with Crippen molar-refractivity contribution in [2.45, 2.75) is 12.5 Å². The molecular formula is C11H13ClFNO5. The molecule has 0 aliphatic heterocycles. The highest BCUT2D eigenvalue weighted by molar-refractivity contribution is 5.88. The van der Waals surface area contributed by atoms with Crippen LogP contribution in [0, 0.1) is 5.82 Å². The highest BCUT2D eigenvalue weighted by Gasteiger charge is 2.20. The third-order valence-electron chi connectivity index (χ3n) is 2.35. The predicted octanol–water partition coefficient (Wildman–Crippen LogP) is 1.21. The van der Waals surface area contributed by atoms with Crippen molar-refractivity contribution in [3.63, 3.8) is 0 Å². The second-order valence-electron chi connectivity index (χ2n) is 3.59. The van der Waals surface area contributed by atoms with Crippen LogP contribution in [0.25, 0.3) is 0 Å². The van der Waals surface area contributed by atoms with Crippen molar-refractivity contribution < 1.29 is 28.9 Å².